The van der Waals surface area contributed by atoms with E-state index in [0.29, 0.717) is 90.9 Å². The Morgan fingerprint density at radius 2 is 0.757 bits per heavy atom. The number of primary amides is 1. The van der Waals surface area contributed by atoms with Crippen LogP contribution in [-0.4, -0.2) is 64.0 Å². The summed E-state index contributed by atoms with van der Waals surface area (Å²) in [4.78, 5) is 39.6. The van der Waals surface area contributed by atoms with Crippen LogP contribution in [0, 0.1) is 86.9 Å². The number of rotatable bonds is 19. The molecule has 6 heterocycles. The Balaban J connectivity index is 0.000000143. The SMILES string of the molecule is Cc1cc(-c2ccc(C#N)cc2)cc(C)c1Oc1nc(Nc2ccc(C#N)cc2)nc2ccn(C)c12.Cc1cc(-c2ccc(C(N)=O)cc2)cc(C)c1Oc1nc(Nc2ccc(C#N)cc2)nc2c(Cl)cn(C)c12.Cc1cc(-c2ccc(S(=O)(=O)NC3CC3)cc2)cc(C)c1Oc1nc(Nc2ccc(C#N)cc2)nc2ccn(C)c12. The van der Waals surface area contributed by atoms with Gasteiger partial charge in [-0.25, -0.2) is 28.1 Å². The van der Waals surface area contributed by atoms with E-state index >= 15 is 0 Å². The first-order chi connectivity index (χ1) is 55.4. The zero-order chi connectivity index (χ0) is 80.9. The number of nitrogens with two attached hydrogens (primary N) is 1. The second kappa shape index (κ2) is 32.7. The van der Waals surface area contributed by atoms with Crippen LogP contribution >= 0.6 is 11.6 Å². The van der Waals surface area contributed by atoms with Gasteiger partial charge in [-0.2, -0.15) is 36.0 Å². The summed E-state index contributed by atoms with van der Waals surface area (Å²) in [7, 11) is 2.20. The Hall–Kier alpha value is -14.7. The van der Waals surface area contributed by atoms with Gasteiger partial charge in [-0.1, -0.05) is 48.0 Å². The molecule has 24 nitrogen and oxygen atoms in total. The van der Waals surface area contributed by atoms with Gasteiger partial charge in [0.2, 0.25) is 51.4 Å². The van der Waals surface area contributed by atoms with Crippen molar-refractivity contribution in [3.63, 3.8) is 0 Å². The number of fused-ring (bicyclic) bond motifs is 3. The van der Waals surface area contributed by atoms with Crippen LogP contribution in [-0.2, 0) is 31.2 Å². The minimum absolute atomic E-state index is 0.0621. The molecule has 1 aliphatic rings. The molecule has 6 N–H and O–H groups in total. The van der Waals surface area contributed by atoms with Gasteiger partial charge in [0.25, 0.3) is 0 Å². The molecule has 15 aromatic rings. The number of nitrogens with zero attached hydrogens (tertiary/aromatic N) is 13. The van der Waals surface area contributed by atoms with E-state index in [4.69, 9.17) is 57.6 Å². The number of aromatic nitrogens is 9. The fourth-order valence-electron chi connectivity index (χ4n) is 13.2. The molecule has 0 radical (unpaired) electrons. The average Bonchev–Trinajstić information content (AvgIpc) is 1.65. The molecule has 568 valence electrons. The molecule has 1 amide bonds. The zero-order valence-corrected chi connectivity index (χ0v) is 65.4. The molecule has 0 saturated heterocycles. The number of hydrogen-bond acceptors (Lipinski definition) is 19. The number of amides is 1. The van der Waals surface area contributed by atoms with E-state index in [1.54, 1.807) is 91.1 Å². The number of sulfonamides is 1. The summed E-state index contributed by atoms with van der Waals surface area (Å²) in [6.07, 6.45) is 7.38. The van der Waals surface area contributed by atoms with Gasteiger partial charge < -0.3 is 49.6 Å². The highest BCUT2D eigenvalue weighted by Gasteiger charge is 2.29. The summed E-state index contributed by atoms with van der Waals surface area (Å²) in [5.74, 6) is 3.93. The van der Waals surface area contributed by atoms with Crippen molar-refractivity contribution >= 4 is 95.5 Å². The summed E-state index contributed by atoms with van der Waals surface area (Å²) >= 11 is 6.49. The number of aryl methyl sites for hydroxylation is 9. The largest absolute Gasteiger partial charge is 0.436 e. The van der Waals surface area contributed by atoms with Crippen molar-refractivity contribution in [2.75, 3.05) is 16.0 Å². The van der Waals surface area contributed by atoms with E-state index in [1.165, 1.54) is 0 Å². The quantitative estimate of drug-likeness (QED) is 0.0502. The number of carbonyl (C=O) groups excluding carboxylic acids is 1. The number of nitriles is 4. The third kappa shape index (κ3) is 17.3. The molecule has 6 aromatic heterocycles. The topological polar surface area (TPSA) is 340 Å². The molecule has 115 heavy (non-hydrogen) atoms. The molecule has 0 spiro atoms. The summed E-state index contributed by atoms with van der Waals surface area (Å²) in [5.41, 5.74) is 26.1. The minimum Gasteiger partial charge on any atom is -0.436 e. The van der Waals surface area contributed by atoms with Crippen molar-refractivity contribution in [2.45, 2.75) is 65.3 Å². The van der Waals surface area contributed by atoms with E-state index in [2.05, 4.69) is 82.0 Å². The van der Waals surface area contributed by atoms with Gasteiger partial charge in [-0.05, 0) is 279 Å². The molecule has 16 rings (SSSR count). The number of halogens is 1. The molecular formula is C89H73ClN18O6S. The van der Waals surface area contributed by atoms with Gasteiger partial charge in [0.05, 0.1) is 67.5 Å². The van der Waals surface area contributed by atoms with Crippen LogP contribution in [0.2, 0.25) is 5.02 Å². The molecule has 26 heteroatoms. The van der Waals surface area contributed by atoms with Crippen LogP contribution in [0.5, 0.6) is 34.9 Å². The van der Waals surface area contributed by atoms with Gasteiger partial charge in [-0.15, -0.1) is 0 Å². The highest BCUT2D eigenvalue weighted by atomic mass is 35.5. The first kappa shape index (κ1) is 77.0. The summed E-state index contributed by atoms with van der Waals surface area (Å²) in [6, 6.07) is 67.4. The lowest BCUT2D eigenvalue weighted by atomic mass is 9.99. The fourth-order valence-corrected chi connectivity index (χ4v) is 14.8. The predicted molar refractivity (Wildman–Crippen MR) is 445 cm³/mol. The number of benzene rings is 9. The van der Waals surface area contributed by atoms with Gasteiger partial charge in [0.1, 0.15) is 39.3 Å². The molecular weight excluding hydrogens is 1480 g/mol. The Morgan fingerprint density at radius 1 is 0.435 bits per heavy atom. The van der Waals surface area contributed by atoms with Crippen molar-refractivity contribution in [2.24, 2.45) is 26.9 Å². The normalized spacial score (nSPS) is 11.6. The lowest BCUT2D eigenvalue weighted by Gasteiger charge is -2.16. The van der Waals surface area contributed by atoms with E-state index in [1.807, 2.05) is 186 Å². The first-order valence-corrected chi connectivity index (χ1v) is 38.2. The first-order valence-electron chi connectivity index (χ1n) is 36.3. The van der Waals surface area contributed by atoms with Crippen LogP contribution in [0.4, 0.5) is 34.9 Å². The number of carbonyl (C=O) groups is 1. The van der Waals surface area contributed by atoms with Crippen molar-refractivity contribution in [3.05, 3.63) is 279 Å². The lowest BCUT2D eigenvalue weighted by Crippen LogP contribution is -2.25. The smallest absolute Gasteiger partial charge is 0.249 e. The van der Waals surface area contributed by atoms with Gasteiger partial charge in [-0.3, -0.25) is 4.79 Å². The van der Waals surface area contributed by atoms with Crippen molar-refractivity contribution < 1.29 is 27.4 Å². The summed E-state index contributed by atoms with van der Waals surface area (Å²) in [6.45, 7) is 11.9. The van der Waals surface area contributed by atoms with E-state index < -0.39 is 15.9 Å². The molecule has 0 aliphatic heterocycles. The van der Waals surface area contributed by atoms with E-state index in [0.717, 1.165) is 124 Å². The van der Waals surface area contributed by atoms with Gasteiger partial charge in [0, 0.05) is 68.4 Å². The summed E-state index contributed by atoms with van der Waals surface area (Å²) in [5, 5.41) is 46.3. The molecule has 0 unspecified atom stereocenters. The molecule has 0 bridgehead atoms. The highest BCUT2D eigenvalue weighted by Crippen LogP contribution is 2.42. The zero-order valence-electron chi connectivity index (χ0n) is 63.8. The number of anilines is 6. The Kier molecular flexibility index (Phi) is 21.9. The third-order valence-corrected chi connectivity index (χ3v) is 21.0. The maximum Gasteiger partial charge on any atom is 0.249 e. The van der Waals surface area contributed by atoms with Crippen LogP contribution in [0.3, 0.4) is 0 Å². The van der Waals surface area contributed by atoms with Crippen molar-refractivity contribution in [3.8, 4) is 92.5 Å². The number of hydrogen-bond donors (Lipinski definition) is 5. The predicted octanol–water partition coefficient (Wildman–Crippen LogP) is 19.0. The Bertz CT molecular complexity index is 6530. The molecule has 1 aliphatic carbocycles. The molecule has 1 saturated carbocycles. The molecule has 1 fully saturated rings. The van der Waals surface area contributed by atoms with Crippen LogP contribution in [0.25, 0.3) is 66.5 Å². The van der Waals surface area contributed by atoms with Crippen molar-refractivity contribution in [1.29, 1.82) is 21.0 Å². The lowest BCUT2D eigenvalue weighted by molar-refractivity contribution is 0.1000. The standard InChI is InChI=1S/C31H28N6O3S.C29H23ClN6O2.C29H22N6O/c1-19-16-23(22-6-12-26(13-7-22)41(38,39)36-25-10-11-25)17-20(2)29(19)40-30-28-27(14-15-37(28)3)34-31(35-30)33-24-8-4-21(18-32)5-9-24;1-16-12-21(19-6-8-20(9-7-19)27(32)37)13-17(2)26(16)38-28-25-24(23(30)15-36(25)3)34-29(35-28)33-22-10-4-18(14-31)5-11-22;1-18-14-23(22-8-4-20(16-30)5-9-22)15-19(2)27(18)36-28-26-25(12-13-35(26)3)33-29(34-28)32-24-10-6-21(17-31)7-11-24/h4-9,12-17,25,36H,10-11H2,1-3H3,(H,33,34,35);4-13,15H,1-3H3,(H2,32,37)(H,33,34,35);4-15H,1-3H3,(H,32,33,34). The van der Waals surface area contributed by atoms with Gasteiger partial charge in [0.15, 0.2) is 0 Å². The van der Waals surface area contributed by atoms with Crippen LogP contribution < -0.4 is 40.6 Å². The van der Waals surface area contributed by atoms with Crippen LogP contribution in [0.1, 0.15) is 78.8 Å². The maximum absolute atomic E-state index is 12.6. The van der Waals surface area contributed by atoms with Crippen molar-refractivity contribution in [1.82, 2.24) is 48.3 Å². The second-order valence-electron chi connectivity index (χ2n) is 27.8. The number of nitrogens with one attached hydrogen (secondary N) is 4. The Morgan fingerprint density at radius 3 is 1.10 bits per heavy atom. The average molecular weight is 1560 g/mol. The summed E-state index contributed by atoms with van der Waals surface area (Å²) < 4.78 is 52.8. The minimum atomic E-state index is -3.50. The second-order valence-corrected chi connectivity index (χ2v) is 29.9. The van der Waals surface area contributed by atoms with Crippen LogP contribution in [0.15, 0.2) is 218 Å². The number of ether oxygens (including phenoxy) is 3. The Labute approximate surface area is 668 Å². The fraction of sp³-hybridized carbons (Fsp3) is 0.135. The third-order valence-electron chi connectivity index (χ3n) is 19.1. The molecule has 9 aromatic carbocycles. The highest BCUT2D eigenvalue weighted by molar-refractivity contribution is 7.89. The monoisotopic (exact) mass is 1560 g/mol. The maximum atomic E-state index is 12.6. The van der Waals surface area contributed by atoms with E-state index in [9.17, 15) is 13.2 Å². The van der Waals surface area contributed by atoms with Gasteiger partial charge >= 0.3 is 0 Å². The van der Waals surface area contributed by atoms with E-state index in [-0.39, 0.29) is 10.9 Å². The molecule has 0 atom stereocenters.